The number of nitrogens with one attached hydrogen (secondary N) is 2. The van der Waals surface area contributed by atoms with Crippen molar-refractivity contribution in [1.29, 1.82) is 0 Å². The number of aryl methyl sites for hydroxylation is 1. The summed E-state index contributed by atoms with van der Waals surface area (Å²) in [5.74, 6) is -0.424. The third kappa shape index (κ3) is 6.47. The van der Waals surface area contributed by atoms with E-state index in [0.29, 0.717) is 13.0 Å². The zero-order chi connectivity index (χ0) is 22.3. The fraction of sp³-hybridized carbons (Fsp3) is 0.273. The van der Waals surface area contributed by atoms with Crippen molar-refractivity contribution >= 4 is 15.9 Å². The second-order valence-electron chi connectivity index (χ2n) is 7.16. The van der Waals surface area contributed by atoms with Crippen LogP contribution in [0.25, 0.3) is 11.3 Å². The Morgan fingerprint density at radius 1 is 1.13 bits per heavy atom. The second-order valence-corrected chi connectivity index (χ2v) is 8.93. The number of halogens is 1. The zero-order valence-corrected chi connectivity index (χ0v) is 18.0. The van der Waals surface area contributed by atoms with Crippen LogP contribution in [0.5, 0.6) is 0 Å². The summed E-state index contributed by atoms with van der Waals surface area (Å²) in [6, 6.07) is 16.1. The van der Waals surface area contributed by atoms with Crippen molar-refractivity contribution in [3.05, 3.63) is 72.2 Å². The number of hydrogen-bond donors (Lipinski definition) is 2. The molecule has 3 rings (SSSR count). The number of carbonyl (C=O) groups is 1. The predicted molar refractivity (Wildman–Crippen MR) is 116 cm³/mol. The maximum absolute atomic E-state index is 13.0. The number of rotatable bonds is 10. The SMILES string of the molecule is CN(CCCc1cc(-c2ccc(F)cc2)n[nH]1)C(=O)CCNS(=O)(=O)c1ccccc1. The summed E-state index contributed by atoms with van der Waals surface area (Å²) in [6.07, 6.45) is 1.51. The van der Waals surface area contributed by atoms with Crippen molar-refractivity contribution in [2.75, 3.05) is 20.1 Å². The molecule has 9 heteroatoms. The number of aromatic nitrogens is 2. The van der Waals surface area contributed by atoms with Crippen LogP contribution >= 0.6 is 0 Å². The molecule has 0 fully saturated rings. The van der Waals surface area contributed by atoms with Crippen LogP contribution in [-0.4, -0.2) is 49.6 Å². The van der Waals surface area contributed by atoms with Gasteiger partial charge in [0.05, 0.1) is 10.6 Å². The Balaban J connectivity index is 1.40. The maximum atomic E-state index is 13.0. The van der Waals surface area contributed by atoms with Gasteiger partial charge in [0.2, 0.25) is 15.9 Å². The number of H-pyrrole nitrogens is 1. The minimum Gasteiger partial charge on any atom is -0.346 e. The molecule has 0 bridgehead atoms. The molecule has 0 spiro atoms. The van der Waals surface area contributed by atoms with Crippen molar-refractivity contribution in [2.24, 2.45) is 0 Å². The quantitative estimate of drug-likeness (QED) is 0.503. The first-order valence-electron chi connectivity index (χ1n) is 9.94. The molecule has 2 aromatic carbocycles. The minimum atomic E-state index is -3.61. The number of amides is 1. The fourth-order valence-electron chi connectivity index (χ4n) is 3.06. The van der Waals surface area contributed by atoms with Crippen LogP contribution < -0.4 is 4.72 Å². The zero-order valence-electron chi connectivity index (χ0n) is 17.2. The molecule has 0 aliphatic carbocycles. The smallest absolute Gasteiger partial charge is 0.240 e. The van der Waals surface area contributed by atoms with E-state index in [1.54, 1.807) is 42.3 Å². The topological polar surface area (TPSA) is 95.2 Å². The highest BCUT2D eigenvalue weighted by atomic mass is 32.2. The van der Waals surface area contributed by atoms with E-state index < -0.39 is 10.0 Å². The number of sulfonamides is 1. The third-order valence-corrected chi connectivity index (χ3v) is 6.30. The van der Waals surface area contributed by atoms with E-state index in [4.69, 9.17) is 0 Å². The summed E-state index contributed by atoms with van der Waals surface area (Å²) in [4.78, 5) is 14.0. The van der Waals surface area contributed by atoms with Gasteiger partial charge < -0.3 is 4.90 Å². The molecule has 0 aliphatic rings. The van der Waals surface area contributed by atoms with Crippen LogP contribution in [0, 0.1) is 5.82 Å². The molecular weight excluding hydrogens is 419 g/mol. The lowest BCUT2D eigenvalue weighted by molar-refractivity contribution is -0.129. The van der Waals surface area contributed by atoms with E-state index in [1.165, 1.54) is 24.3 Å². The lowest BCUT2D eigenvalue weighted by Gasteiger charge is -2.17. The summed E-state index contributed by atoms with van der Waals surface area (Å²) in [5, 5.41) is 7.21. The minimum absolute atomic E-state index is 0.0436. The van der Waals surface area contributed by atoms with Crippen LogP contribution in [0.2, 0.25) is 0 Å². The van der Waals surface area contributed by atoms with Crippen LogP contribution in [0.1, 0.15) is 18.5 Å². The Labute approximate surface area is 181 Å². The Morgan fingerprint density at radius 2 is 1.84 bits per heavy atom. The Kier molecular flexibility index (Phi) is 7.54. The van der Waals surface area contributed by atoms with Gasteiger partial charge in [-0.25, -0.2) is 17.5 Å². The largest absolute Gasteiger partial charge is 0.346 e. The molecule has 0 unspecified atom stereocenters. The summed E-state index contributed by atoms with van der Waals surface area (Å²) in [7, 11) is -1.91. The molecule has 0 atom stereocenters. The molecular formula is C22H25FN4O3S. The van der Waals surface area contributed by atoms with E-state index in [2.05, 4.69) is 14.9 Å². The predicted octanol–water partition coefficient (Wildman–Crippen LogP) is 2.98. The highest BCUT2D eigenvalue weighted by Gasteiger charge is 2.15. The molecule has 1 amide bonds. The molecule has 3 aromatic rings. The number of aromatic amines is 1. The van der Waals surface area contributed by atoms with Crippen LogP contribution in [-0.2, 0) is 21.2 Å². The lowest BCUT2D eigenvalue weighted by atomic mass is 10.1. The van der Waals surface area contributed by atoms with Crippen molar-refractivity contribution in [1.82, 2.24) is 19.8 Å². The molecule has 0 saturated heterocycles. The van der Waals surface area contributed by atoms with Crippen molar-refractivity contribution < 1.29 is 17.6 Å². The normalized spacial score (nSPS) is 11.4. The van der Waals surface area contributed by atoms with E-state index in [1.807, 2.05) is 6.07 Å². The Bertz CT molecular complexity index is 1100. The molecule has 0 radical (unpaired) electrons. The number of nitrogens with zero attached hydrogens (tertiary/aromatic N) is 2. The summed E-state index contributed by atoms with van der Waals surface area (Å²) < 4.78 is 39.8. The molecule has 2 N–H and O–H groups in total. The Hall–Kier alpha value is -3.04. The lowest BCUT2D eigenvalue weighted by Crippen LogP contribution is -2.32. The van der Waals surface area contributed by atoms with Gasteiger partial charge in [-0.1, -0.05) is 18.2 Å². The van der Waals surface area contributed by atoms with E-state index in [0.717, 1.165) is 23.4 Å². The van der Waals surface area contributed by atoms with Gasteiger partial charge in [0.25, 0.3) is 0 Å². The van der Waals surface area contributed by atoms with Crippen LogP contribution in [0.3, 0.4) is 0 Å². The average Bonchev–Trinajstić information content (AvgIpc) is 3.23. The molecule has 1 aromatic heterocycles. The summed E-state index contributed by atoms with van der Waals surface area (Å²) >= 11 is 0. The van der Waals surface area contributed by atoms with Gasteiger partial charge in [-0.3, -0.25) is 9.89 Å². The van der Waals surface area contributed by atoms with Gasteiger partial charge in [-0.2, -0.15) is 5.10 Å². The van der Waals surface area contributed by atoms with Gasteiger partial charge in [0.1, 0.15) is 5.82 Å². The highest BCUT2D eigenvalue weighted by molar-refractivity contribution is 7.89. The summed E-state index contributed by atoms with van der Waals surface area (Å²) in [5.41, 5.74) is 2.50. The van der Waals surface area contributed by atoms with E-state index in [-0.39, 0.29) is 29.6 Å². The van der Waals surface area contributed by atoms with Gasteiger partial charge in [-0.05, 0) is 55.3 Å². The molecule has 31 heavy (non-hydrogen) atoms. The first kappa shape index (κ1) is 22.6. The van der Waals surface area contributed by atoms with Gasteiger partial charge in [-0.15, -0.1) is 0 Å². The summed E-state index contributed by atoms with van der Waals surface area (Å²) in [6.45, 7) is 0.581. The van der Waals surface area contributed by atoms with Crippen molar-refractivity contribution in [2.45, 2.75) is 24.2 Å². The number of benzene rings is 2. The van der Waals surface area contributed by atoms with Crippen molar-refractivity contribution in [3.8, 4) is 11.3 Å². The van der Waals surface area contributed by atoms with Gasteiger partial charge in [0.15, 0.2) is 0 Å². The second kappa shape index (κ2) is 10.3. The highest BCUT2D eigenvalue weighted by Crippen LogP contribution is 2.18. The third-order valence-electron chi connectivity index (χ3n) is 4.82. The maximum Gasteiger partial charge on any atom is 0.240 e. The molecule has 1 heterocycles. The Morgan fingerprint density at radius 3 is 2.55 bits per heavy atom. The van der Waals surface area contributed by atoms with Crippen LogP contribution in [0.15, 0.2) is 65.6 Å². The standard InChI is InChI=1S/C22H25FN4O3S/c1-27(22(28)13-14-24-31(29,30)20-7-3-2-4-8-20)15-5-6-19-16-21(26-25-19)17-9-11-18(23)12-10-17/h2-4,7-12,16,24H,5-6,13-15H2,1H3,(H,25,26). The number of hydrogen-bond acceptors (Lipinski definition) is 4. The van der Waals surface area contributed by atoms with E-state index >= 15 is 0 Å². The molecule has 164 valence electrons. The number of carbonyl (C=O) groups excluding carboxylic acids is 1. The first-order valence-corrected chi connectivity index (χ1v) is 11.4. The van der Waals surface area contributed by atoms with Gasteiger partial charge >= 0.3 is 0 Å². The van der Waals surface area contributed by atoms with E-state index in [9.17, 15) is 17.6 Å². The fourth-order valence-corrected chi connectivity index (χ4v) is 4.11. The van der Waals surface area contributed by atoms with Gasteiger partial charge in [0, 0.05) is 37.8 Å². The average molecular weight is 445 g/mol. The molecule has 0 saturated carbocycles. The monoisotopic (exact) mass is 444 g/mol. The molecule has 7 nitrogen and oxygen atoms in total. The molecule has 0 aliphatic heterocycles. The van der Waals surface area contributed by atoms with Crippen molar-refractivity contribution in [3.63, 3.8) is 0 Å². The first-order chi connectivity index (χ1) is 14.8. The van der Waals surface area contributed by atoms with Crippen LogP contribution in [0.4, 0.5) is 4.39 Å².